The number of amides is 1. The van der Waals surface area contributed by atoms with Gasteiger partial charge in [-0.05, 0) is 61.3 Å². The van der Waals surface area contributed by atoms with Gasteiger partial charge in [-0.1, -0.05) is 40.2 Å². The van der Waals surface area contributed by atoms with E-state index in [4.69, 9.17) is 12.2 Å². The summed E-state index contributed by atoms with van der Waals surface area (Å²) in [7, 11) is 1.68. The molecule has 0 bridgehead atoms. The molecule has 1 amide bonds. The van der Waals surface area contributed by atoms with Gasteiger partial charge in [-0.2, -0.15) is 0 Å². The maximum absolute atomic E-state index is 12.3. The van der Waals surface area contributed by atoms with E-state index in [2.05, 4.69) is 70.0 Å². The molecule has 1 fully saturated rings. The Bertz CT molecular complexity index is 1150. The molecule has 0 aliphatic carbocycles. The number of carbonyl (C=O) groups is 1. The first-order valence-electron chi connectivity index (χ1n) is 8.56. The molecule has 1 aliphatic heterocycles. The van der Waals surface area contributed by atoms with Crippen LogP contribution in [-0.2, 0) is 4.79 Å². The Labute approximate surface area is 171 Å². The Morgan fingerprint density at radius 2 is 1.81 bits per heavy atom. The molecule has 2 heterocycles. The van der Waals surface area contributed by atoms with Crippen molar-refractivity contribution in [2.45, 2.75) is 13.8 Å². The number of nitrogens with zero attached hydrogens (tertiary/aromatic N) is 2. The van der Waals surface area contributed by atoms with Crippen LogP contribution in [0.4, 0.5) is 0 Å². The van der Waals surface area contributed by atoms with Crippen molar-refractivity contribution in [2.24, 2.45) is 0 Å². The van der Waals surface area contributed by atoms with Crippen LogP contribution in [0.15, 0.2) is 52.6 Å². The molecule has 6 heteroatoms. The molecule has 1 aromatic heterocycles. The first kappa shape index (κ1) is 17.9. The van der Waals surface area contributed by atoms with E-state index < -0.39 is 0 Å². The smallest absolute Gasteiger partial charge is 0.276 e. The fraction of sp³-hybridized carbons (Fsp3) is 0.143. The lowest BCUT2D eigenvalue weighted by atomic mass is 10.1. The first-order chi connectivity index (χ1) is 12.9. The number of benzene rings is 2. The summed E-state index contributed by atoms with van der Waals surface area (Å²) in [5.41, 5.74) is 4.79. The number of carbonyl (C=O) groups excluding carboxylic acids is 1. The third-order valence-electron chi connectivity index (χ3n) is 4.94. The summed E-state index contributed by atoms with van der Waals surface area (Å²) in [5.74, 6) is -0.112. The van der Waals surface area contributed by atoms with Gasteiger partial charge in [0.25, 0.3) is 5.91 Å². The summed E-state index contributed by atoms with van der Waals surface area (Å²) >= 11 is 8.80. The summed E-state index contributed by atoms with van der Waals surface area (Å²) in [5, 5.41) is 5.76. The van der Waals surface area contributed by atoms with E-state index in [9.17, 15) is 4.79 Å². The van der Waals surface area contributed by atoms with Gasteiger partial charge < -0.3 is 9.88 Å². The Balaban J connectivity index is 1.87. The van der Waals surface area contributed by atoms with Gasteiger partial charge in [0.15, 0.2) is 5.11 Å². The number of aryl methyl sites for hydroxylation is 1. The molecule has 1 aliphatic rings. The van der Waals surface area contributed by atoms with Gasteiger partial charge in [-0.25, -0.2) is 0 Å². The molecular weight excluding hydrogens is 422 g/mol. The maximum Gasteiger partial charge on any atom is 0.276 e. The monoisotopic (exact) mass is 439 g/mol. The molecule has 4 rings (SSSR count). The van der Waals surface area contributed by atoms with Crippen LogP contribution in [0.3, 0.4) is 0 Å². The average Bonchev–Trinajstić information content (AvgIpc) is 3.06. The number of hydrogen-bond acceptors (Lipinski definition) is 2. The number of rotatable bonds is 2. The summed E-state index contributed by atoms with van der Waals surface area (Å²) in [4.78, 5) is 13.7. The second-order valence-electron chi connectivity index (χ2n) is 6.63. The lowest BCUT2D eigenvalue weighted by molar-refractivity contribution is -0.121. The zero-order valence-electron chi connectivity index (χ0n) is 15.2. The van der Waals surface area contributed by atoms with Crippen LogP contribution in [-0.4, -0.2) is 27.5 Å². The lowest BCUT2D eigenvalue weighted by Crippen LogP contribution is -2.25. The lowest BCUT2D eigenvalue weighted by Gasteiger charge is -2.14. The van der Waals surface area contributed by atoms with E-state index in [1.165, 1.54) is 15.7 Å². The molecular formula is C21H18BrN3OS. The summed E-state index contributed by atoms with van der Waals surface area (Å²) in [6.45, 7) is 4.14. The largest absolute Gasteiger partial charge is 0.328 e. The first-order valence-corrected chi connectivity index (χ1v) is 9.76. The molecule has 0 saturated carbocycles. The van der Waals surface area contributed by atoms with Crippen LogP contribution in [0.2, 0.25) is 0 Å². The molecule has 1 N–H and O–H groups in total. The highest BCUT2D eigenvalue weighted by atomic mass is 79.9. The number of likely N-dealkylation sites (N-methyl/N-ethyl adjacent to an activating group) is 1. The van der Waals surface area contributed by atoms with E-state index in [0.717, 1.165) is 27.1 Å². The molecule has 0 radical (unpaired) electrons. The van der Waals surface area contributed by atoms with Crippen molar-refractivity contribution < 1.29 is 4.79 Å². The topological polar surface area (TPSA) is 37.3 Å². The van der Waals surface area contributed by atoms with E-state index in [-0.39, 0.29) is 5.91 Å². The summed E-state index contributed by atoms with van der Waals surface area (Å²) in [6, 6.07) is 14.6. The van der Waals surface area contributed by atoms with E-state index in [0.29, 0.717) is 10.8 Å². The Kier molecular flexibility index (Phi) is 4.40. The maximum atomic E-state index is 12.3. The van der Waals surface area contributed by atoms with Crippen molar-refractivity contribution >= 4 is 56.0 Å². The molecule has 3 aromatic rings. The minimum absolute atomic E-state index is 0.112. The van der Waals surface area contributed by atoms with Crippen molar-refractivity contribution in [3.8, 4) is 5.69 Å². The number of halogens is 1. The highest BCUT2D eigenvalue weighted by Crippen LogP contribution is 2.32. The van der Waals surface area contributed by atoms with Gasteiger partial charge in [0.05, 0.1) is 5.69 Å². The fourth-order valence-electron chi connectivity index (χ4n) is 3.52. The number of fused-ring (bicyclic) bond motifs is 1. The SMILES string of the molecule is Cc1cc(C=C2NC(=S)N(C)C2=O)c(C)n1-c1ccc(Br)c2ccccc12. The molecule has 136 valence electrons. The number of nitrogens with one attached hydrogen (secondary N) is 1. The van der Waals surface area contributed by atoms with Crippen molar-refractivity contribution in [2.75, 3.05) is 7.05 Å². The molecule has 0 atom stereocenters. The van der Waals surface area contributed by atoms with Crippen molar-refractivity contribution in [3.63, 3.8) is 0 Å². The highest BCUT2D eigenvalue weighted by molar-refractivity contribution is 9.10. The predicted molar refractivity (Wildman–Crippen MR) is 117 cm³/mol. The van der Waals surface area contributed by atoms with E-state index in [1.807, 2.05) is 18.2 Å². The molecule has 1 saturated heterocycles. The average molecular weight is 440 g/mol. The summed E-state index contributed by atoms with van der Waals surface area (Å²) in [6.07, 6.45) is 1.87. The van der Waals surface area contributed by atoms with Crippen molar-refractivity contribution in [1.29, 1.82) is 0 Å². The molecule has 2 aromatic carbocycles. The number of hydrogen-bond donors (Lipinski definition) is 1. The second kappa shape index (κ2) is 6.62. The molecule has 0 unspecified atom stereocenters. The fourth-order valence-corrected chi connectivity index (χ4v) is 4.20. The van der Waals surface area contributed by atoms with Crippen LogP contribution in [0.1, 0.15) is 17.0 Å². The normalized spacial score (nSPS) is 15.9. The third kappa shape index (κ3) is 2.89. The number of thiocarbonyl (C=S) groups is 1. The standard InChI is InChI=1S/C21H18BrN3OS/c1-12-10-14(11-18-20(26)24(3)21(27)23-18)13(2)25(12)19-9-8-17(22)15-6-4-5-7-16(15)19/h4-11H,1-3H3,(H,23,27). The van der Waals surface area contributed by atoms with Crippen LogP contribution in [0, 0.1) is 13.8 Å². The Morgan fingerprint density at radius 3 is 2.48 bits per heavy atom. The minimum Gasteiger partial charge on any atom is -0.328 e. The Hall–Kier alpha value is -2.44. The highest BCUT2D eigenvalue weighted by Gasteiger charge is 2.27. The number of aromatic nitrogens is 1. The van der Waals surface area contributed by atoms with Crippen LogP contribution in [0.25, 0.3) is 22.5 Å². The van der Waals surface area contributed by atoms with Crippen molar-refractivity contribution in [1.82, 2.24) is 14.8 Å². The van der Waals surface area contributed by atoms with Gasteiger partial charge >= 0.3 is 0 Å². The van der Waals surface area contributed by atoms with E-state index >= 15 is 0 Å². The second-order valence-corrected chi connectivity index (χ2v) is 7.87. The molecule has 4 nitrogen and oxygen atoms in total. The van der Waals surface area contributed by atoms with Crippen molar-refractivity contribution in [3.05, 3.63) is 69.6 Å². The van der Waals surface area contributed by atoms with Crippen LogP contribution >= 0.6 is 28.1 Å². The minimum atomic E-state index is -0.112. The van der Waals surface area contributed by atoms with Gasteiger partial charge in [-0.15, -0.1) is 0 Å². The van der Waals surface area contributed by atoms with Gasteiger partial charge in [0, 0.05) is 28.3 Å². The zero-order chi connectivity index (χ0) is 19.3. The molecule has 0 spiro atoms. The summed E-state index contributed by atoms with van der Waals surface area (Å²) < 4.78 is 3.30. The molecule has 27 heavy (non-hydrogen) atoms. The van der Waals surface area contributed by atoms with E-state index in [1.54, 1.807) is 7.05 Å². The predicted octanol–water partition coefficient (Wildman–Crippen LogP) is 4.70. The van der Waals surface area contributed by atoms with Gasteiger partial charge in [0.1, 0.15) is 5.70 Å². The Morgan fingerprint density at radius 1 is 1.11 bits per heavy atom. The van der Waals surface area contributed by atoms with Gasteiger partial charge in [0.2, 0.25) is 0 Å². The van der Waals surface area contributed by atoms with Crippen LogP contribution in [0.5, 0.6) is 0 Å². The van der Waals surface area contributed by atoms with Gasteiger partial charge in [-0.3, -0.25) is 9.69 Å². The van der Waals surface area contributed by atoms with Crippen LogP contribution < -0.4 is 5.32 Å². The quantitative estimate of drug-likeness (QED) is 0.464. The third-order valence-corrected chi connectivity index (χ3v) is 6.01. The zero-order valence-corrected chi connectivity index (χ0v) is 17.6.